The van der Waals surface area contributed by atoms with Crippen molar-refractivity contribution < 1.29 is 9.84 Å². The first kappa shape index (κ1) is 20.0. The Morgan fingerprint density at radius 1 is 1.06 bits per heavy atom. The molecule has 160 valence electrons. The maximum atomic E-state index is 10.5. The fourth-order valence-electron chi connectivity index (χ4n) is 5.41. The van der Waals surface area contributed by atoms with Crippen molar-refractivity contribution in [2.24, 2.45) is 17.8 Å². The molecular weight excluding hydrogens is 384 g/mol. The molecule has 1 saturated carbocycles. The molecule has 1 heterocycles. The molecule has 5 rings (SSSR count). The van der Waals surface area contributed by atoms with E-state index in [1.54, 1.807) is 11.6 Å². The van der Waals surface area contributed by atoms with Crippen LogP contribution in [-0.2, 0) is 0 Å². The number of nitrogens with zero attached hydrogens (tertiary/aromatic N) is 2. The molecule has 3 unspecified atom stereocenters. The lowest BCUT2D eigenvalue weighted by Crippen LogP contribution is -2.28. The SMILES string of the molecule is CC(C)Oc1cc(C2=C3CCCCC3CC3C=CC=CC23)nc(-c2ccccc2O)n1. The highest BCUT2D eigenvalue weighted by atomic mass is 16.5. The van der Waals surface area contributed by atoms with Gasteiger partial charge in [0.05, 0.1) is 17.4 Å². The van der Waals surface area contributed by atoms with Crippen molar-refractivity contribution in [1.82, 2.24) is 9.97 Å². The van der Waals surface area contributed by atoms with E-state index in [9.17, 15) is 5.11 Å². The number of rotatable bonds is 4. The van der Waals surface area contributed by atoms with E-state index in [2.05, 4.69) is 29.3 Å². The second-order valence-electron chi connectivity index (χ2n) is 9.18. The summed E-state index contributed by atoms with van der Waals surface area (Å²) in [4.78, 5) is 9.67. The van der Waals surface area contributed by atoms with Crippen LogP contribution in [0.5, 0.6) is 11.6 Å². The molecule has 2 aromatic rings. The number of ether oxygens (including phenoxy) is 1. The molecule has 4 nitrogen and oxygen atoms in total. The monoisotopic (exact) mass is 414 g/mol. The van der Waals surface area contributed by atoms with Crippen molar-refractivity contribution in [2.75, 3.05) is 0 Å². The maximum Gasteiger partial charge on any atom is 0.217 e. The highest BCUT2D eigenvalue weighted by Crippen LogP contribution is 2.50. The van der Waals surface area contributed by atoms with Gasteiger partial charge < -0.3 is 9.84 Å². The minimum atomic E-state index is 0.0108. The molecule has 3 atom stereocenters. The van der Waals surface area contributed by atoms with Crippen molar-refractivity contribution in [3.63, 3.8) is 0 Å². The predicted molar refractivity (Wildman–Crippen MR) is 124 cm³/mol. The molecule has 0 amide bonds. The molecule has 31 heavy (non-hydrogen) atoms. The van der Waals surface area contributed by atoms with E-state index in [0.29, 0.717) is 35.0 Å². The Labute approximate surface area is 184 Å². The molecule has 3 aliphatic rings. The van der Waals surface area contributed by atoms with Crippen LogP contribution < -0.4 is 4.74 Å². The number of aromatic hydroxyl groups is 1. The number of phenols is 1. The van der Waals surface area contributed by atoms with Crippen LogP contribution in [0.25, 0.3) is 17.0 Å². The van der Waals surface area contributed by atoms with Crippen molar-refractivity contribution in [3.8, 4) is 23.0 Å². The summed E-state index contributed by atoms with van der Waals surface area (Å²) < 4.78 is 6.03. The summed E-state index contributed by atoms with van der Waals surface area (Å²) in [5.41, 5.74) is 4.51. The van der Waals surface area contributed by atoms with Crippen LogP contribution in [0.15, 0.2) is 60.2 Å². The van der Waals surface area contributed by atoms with Crippen LogP contribution in [0.4, 0.5) is 0 Å². The van der Waals surface area contributed by atoms with E-state index in [4.69, 9.17) is 9.72 Å². The summed E-state index contributed by atoms with van der Waals surface area (Å²) in [5.74, 6) is 2.77. The summed E-state index contributed by atoms with van der Waals surface area (Å²) in [5, 5.41) is 10.5. The van der Waals surface area contributed by atoms with Gasteiger partial charge in [-0.3, -0.25) is 0 Å². The Hall–Kier alpha value is -2.88. The summed E-state index contributed by atoms with van der Waals surface area (Å²) in [7, 11) is 0. The van der Waals surface area contributed by atoms with E-state index in [0.717, 1.165) is 12.1 Å². The van der Waals surface area contributed by atoms with E-state index >= 15 is 0 Å². The third kappa shape index (κ3) is 3.91. The molecular formula is C27H30N2O2. The zero-order valence-corrected chi connectivity index (χ0v) is 18.3. The first-order chi connectivity index (χ1) is 15.1. The molecule has 0 aliphatic heterocycles. The van der Waals surface area contributed by atoms with Crippen LogP contribution in [-0.4, -0.2) is 21.2 Å². The Kier molecular flexibility index (Phi) is 5.39. The van der Waals surface area contributed by atoms with Gasteiger partial charge in [-0.2, -0.15) is 4.98 Å². The Morgan fingerprint density at radius 3 is 2.74 bits per heavy atom. The van der Waals surface area contributed by atoms with Gasteiger partial charge in [-0.25, -0.2) is 4.98 Å². The van der Waals surface area contributed by atoms with Gasteiger partial charge >= 0.3 is 0 Å². The van der Waals surface area contributed by atoms with Gasteiger partial charge in [0.1, 0.15) is 5.75 Å². The molecule has 3 aliphatic carbocycles. The van der Waals surface area contributed by atoms with E-state index in [1.165, 1.54) is 31.3 Å². The molecule has 1 N–H and O–H groups in total. The number of hydrogen-bond acceptors (Lipinski definition) is 4. The fraction of sp³-hybridized carbons (Fsp3) is 0.407. The first-order valence-electron chi connectivity index (χ1n) is 11.5. The topological polar surface area (TPSA) is 55.2 Å². The third-order valence-electron chi connectivity index (χ3n) is 6.71. The first-order valence-corrected chi connectivity index (χ1v) is 11.5. The molecule has 0 bridgehead atoms. The van der Waals surface area contributed by atoms with Gasteiger partial charge in [-0.15, -0.1) is 0 Å². The summed E-state index contributed by atoms with van der Waals surface area (Å²) in [6, 6.07) is 9.27. The zero-order chi connectivity index (χ0) is 21.4. The minimum Gasteiger partial charge on any atom is -0.507 e. The van der Waals surface area contributed by atoms with Gasteiger partial charge in [0.2, 0.25) is 5.88 Å². The number of allylic oxidation sites excluding steroid dienone is 6. The quantitative estimate of drug-likeness (QED) is 0.634. The van der Waals surface area contributed by atoms with Crippen molar-refractivity contribution in [2.45, 2.75) is 52.1 Å². The summed E-state index contributed by atoms with van der Waals surface area (Å²) >= 11 is 0. The van der Waals surface area contributed by atoms with E-state index in [-0.39, 0.29) is 11.9 Å². The lowest BCUT2D eigenvalue weighted by Gasteiger charge is -2.41. The minimum absolute atomic E-state index is 0.0108. The average Bonchev–Trinajstić information content (AvgIpc) is 2.77. The van der Waals surface area contributed by atoms with Gasteiger partial charge in [-0.1, -0.05) is 48.4 Å². The highest BCUT2D eigenvalue weighted by Gasteiger charge is 2.37. The van der Waals surface area contributed by atoms with Crippen molar-refractivity contribution in [1.29, 1.82) is 0 Å². The zero-order valence-electron chi connectivity index (χ0n) is 18.3. The average molecular weight is 415 g/mol. The number of aromatic nitrogens is 2. The molecule has 4 heteroatoms. The maximum absolute atomic E-state index is 10.5. The second-order valence-corrected chi connectivity index (χ2v) is 9.18. The Balaban J connectivity index is 1.69. The Bertz CT molecular complexity index is 1070. The van der Waals surface area contributed by atoms with Gasteiger partial charge in [-0.05, 0) is 69.1 Å². The molecule has 1 fully saturated rings. The summed E-state index contributed by atoms with van der Waals surface area (Å²) in [6.45, 7) is 4.01. The number of hydrogen-bond donors (Lipinski definition) is 1. The molecule has 0 radical (unpaired) electrons. The summed E-state index contributed by atoms with van der Waals surface area (Å²) in [6.07, 6.45) is 15.3. The largest absolute Gasteiger partial charge is 0.507 e. The van der Waals surface area contributed by atoms with Gasteiger partial charge in [0.25, 0.3) is 0 Å². The second kappa shape index (κ2) is 8.33. The van der Waals surface area contributed by atoms with Crippen LogP contribution in [0.3, 0.4) is 0 Å². The lowest BCUT2D eigenvalue weighted by molar-refractivity contribution is 0.232. The smallest absolute Gasteiger partial charge is 0.217 e. The van der Waals surface area contributed by atoms with Gasteiger partial charge in [0.15, 0.2) is 5.82 Å². The van der Waals surface area contributed by atoms with Crippen molar-refractivity contribution in [3.05, 3.63) is 65.9 Å². The number of phenolic OH excluding ortho intramolecular Hbond substituents is 1. The highest BCUT2D eigenvalue weighted by molar-refractivity contribution is 5.75. The molecule has 0 saturated heterocycles. The molecule has 1 aromatic heterocycles. The van der Waals surface area contributed by atoms with E-state index < -0.39 is 0 Å². The number of fused-ring (bicyclic) bond motifs is 2. The van der Waals surface area contributed by atoms with Crippen LogP contribution in [0.1, 0.15) is 51.6 Å². The van der Waals surface area contributed by atoms with Crippen LogP contribution in [0, 0.1) is 17.8 Å². The lowest BCUT2D eigenvalue weighted by atomic mass is 9.64. The number of para-hydroxylation sites is 1. The fourth-order valence-corrected chi connectivity index (χ4v) is 5.41. The predicted octanol–water partition coefficient (Wildman–Crippen LogP) is 6.34. The third-order valence-corrected chi connectivity index (χ3v) is 6.71. The number of benzene rings is 1. The Morgan fingerprint density at radius 2 is 1.90 bits per heavy atom. The van der Waals surface area contributed by atoms with Crippen LogP contribution >= 0.6 is 0 Å². The van der Waals surface area contributed by atoms with E-state index in [1.807, 2.05) is 38.1 Å². The van der Waals surface area contributed by atoms with Gasteiger partial charge in [0, 0.05) is 12.0 Å². The molecule has 1 aromatic carbocycles. The van der Waals surface area contributed by atoms with Crippen molar-refractivity contribution >= 4 is 5.57 Å². The van der Waals surface area contributed by atoms with Crippen LogP contribution in [0.2, 0.25) is 0 Å². The molecule has 0 spiro atoms. The standard InChI is InChI=1S/C27H30N2O2/c1-17(2)31-25-16-23(28-27(29-25)22-13-7-8-14-24(22)30)26-20-11-5-3-9-18(20)15-19-10-4-6-12-21(19)26/h3,5,7-9,11,13-14,16-20,30H,4,6,10,12,15H2,1-2H3. The normalized spacial score (nSPS) is 24.8.